The maximum atomic E-state index is 9.96. The largest absolute Gasteiger partial charge is 0.388 e. The second-order valence-electron chi connectivity index (χ2n) is 5.01. The highest BCUT2D eigenvalue weighted by Crippen LogP contribution is 2.41. The number of nitrogens with zero attached hydrogens (tertiary/aromatic N) is 1. The number of aliphatic hydroxyl groups is 1. The lowest BCUT2D eigenvalue weighted by molar-refractivity contribution is 0.201. The van der Waals surface area contributed by atoms with Crippen molar-refractivity contribution in [2.75, 3.05) is 13.6 Å². The van der Waals surface area contributed by atoms with E-state index in [0.717, 1.165) is 29.4 Å². The lowest BCUT2D eigenvalue weighted by Crippen LogP contribution is -2.19. The van der Waals surface area contributed by atoms with E-state index in [4.69, 9.17) is 11.6 Å². The van der Waals surface area contributed by atoms with Crippen LogP contribution in [0.5, 0.6) is 0 Å². The number of likely N-dealkylation sites (N-methyl/N-ethyl adjacent to an activating group) is 1. The molecule has 4 heteroatoms. The van der Waals surface area contributed by atoms with E-state index < -0.39 is 6.10 Å². The SMILES string of the molecule is CC(O)c1sc2ccc(Cl)c3c2c1CN(C)CC3. The standard InChI is InChI=1S/C14H16ClNOS/c1-8(17)14-10-7-16(2)6-5-9-11(15)3-4-12(18-14)13(9)10/h3-4,8,17H,5-7H2,1-2H3. The molecule has 0 aliphatic carbocycles. The van der Waals surface area contributed by atoms with Gasteiger partial charge in [-0.15, -0.1) is 11.3 Å². The molecule has 2 heterocycles. The molecule has 0 saturated heterocycles. The first kappa shape index (κ1) is 12.4. The van der Waals surface area contributed by atoms with Crippen molar-refractivity contribution in [1.29, 1.82) is 0 Å². The van der Waals surface area contributed by atoms with Crippen LogP contribution in [0, 0.1) is 0 Å². The van der Waals surface area contributed by atoms with Crippen molar-refractivity contribution < 1.29 is 5.11 Å². The highest BCUT2D eigenvalue weighted by molar-refractivity contribution is 7.19. The van der Waals surface area contributed by atoms with Crippen molar-refractivity contribution in [2.24, 2.45) is 0 Å². The first-order chi connectivity index (χ1) is 8.58. The van der Waals surface area contributed by atoms with Gasteiger partial charge in [0.1, 0.15) is 0 Å². The summed E-state index contributed by atoms with van der Waals surface area (Å²) in [4.78, 5) is 3.38. The summed E-state index contributed by atoms with van der Waals surface area (Å²) in [5.74, 6) is 0. The van der Waals surface area contributed by atoms with Gasteiger partial charge in [0.2, 0.25) is 0 Å². The molecule has 1 aromatic carbocycles. The van der Waals surface area contributed by atoms with E-state index in [1.807, 2.05) is 13.0 Å². The van der Waals surface area contributed by atoms with Crippen LogP contribution in [0.1, 0.15) is 29.0 Å². The molecule has 96 valence electrons. The van der Waals surface area contributed by atoms with Crippen LogP contribution < -0.4 is 0 Å². The summed E-state index contributed by atoms with van der Waals surface area (Å²) in [5, 5.41) is 12.1. The highest BCUT2D eigenvalue weighted by atomic mass is 35.5. The topological polar surface area (TPSA) is 23.5 Å². The van der Waals surface area contributed by atoms with Crippen LogP contribution in [0.4, 0.5) is 0 Å². The Bertz CT molecular complexity index is 605. The third kappa shape index (κ3) is 1.86. The fraction of sp³-hybridized carbons (Fsp3) is 0.429. The molecular weight excluding hydrogens is 266 g/mol. The number of hydrogen-bond acceptors (Lipinski definition) is 3. The third-order valence-corrected chi connectivity index (χ3v) is 5.31. The van der Waals surface area contributed by atoms with Crippen LogP contribution in [0.25, 0.3) is 10.1 Å². The van der Waals surface area contributed by atoms with Gasteiger partial charge in [0.15, 0.2) is 0 Å². The summed E-state index contributed by atoms with van der Waals surface area (Å²) >= 11 is 8.04. The Morgan fingerprint density at radius 1 is 1.39 bits per heavy atom. The summed E-state index contributed by atoms with van der Waals surface area (Å²) in [7, 11) is 2.12. The molecule has 0 amide bonds. The van der Waals surface area contributed by atoms with Crippen LogP contribution in [0.2, 0.25) is 5.02 Å². The molecule has 1 aromatic heterocycles. The maximum absolute atomic E-state index is 9.96. The molecule has 3 rings (SSSR count). The van der Waals surface area contributed by atoms with Gasteiger partial charge in [0.05, 0.1) is 6.10 Å². The molecule has 1 atom stereocenters. The molecular formula is C14H16ClNOS. The van der Waals surface area contributed by atoms with Crippen LogP contribution in [0.15, 0.2) is 12.1 Å². The molecule has 0 radical (unpaired) electrons. The summed E-state index contributed by atoms with van der Waals surface area (Å²) in [6, 6.07) is 4.06. The van der Waals surface area contributed by atoms with Gasteiger partial charge < -0.3 is 10.0 Å². The van der Waals surface area contributed by atoms with Gasteiger partial charge in [-0.05, 0) is 43.7 Å². The zero-order valence-corrected chi connectivity index (χ0v) is 12.1. The Kier molecular flexibility index (Phi) is 3.10. The van der Waals surface area contributed by atoms with Crippen LogP contribution in [-0.2, 0) is 13.0 Å². The van der Waals surface area contributed by atoms with E-state index in [-0.39, 0.29) is 0 Å². The summed E-state index contributed by atoms with van der Waals surface area (Å²) in [5.41, 5.74) is 2.51. The number of benzene rings is 1. The van der Waals surface area contributed by atoms with Crippen molar-refractivity contribution in [3.8, 4) is 0 Å². The second-order valence-corrected chi connectivity index (χ2v) is 6.50. The number of hydrogen-bond donors (Lipinski definition) is 1. The van der Waals surface area contributed by atoms with Crippen molar-refractivity contribution in [3.63, 3.8) is 0 Å². The summed E-state index contributed by atoms with van der Waals surface area (Å²) in [6.07, 6.45) is 0.575. The van der Waals surface area contributed by atoms with Crippen molar-refractivity contribution in [2.45, 2.75) is 26.0 Å². The lowest BCUT2D eigenvalue weighted by atomic mass is 10.0. The molecule has 0 fully saturated rings. The lowest BCUT2D eigenvalue weighted by Gasteiger charge is -2.14. The number of halogens is 1. The van der Waals surface area contributed by atoms with E-state index >= 15 is 0 Å². The van der Waals surface area contributed by atoms with E-state index in [1.54, 1.807) is 11.3 Å². The molecule has 2 nitrogen and oxygen atoms in total. The average Bonchev–Trinajstić information content (AvgIpc) is 2.57. The monoisotopic (exact) mass is 281 g/mol. The van der Waals surface area contributed by atoms with E-state index in [0.29, 0.717) is 0 Å². The minimum atomic E-state index is -0.407. The minimum Gasteiger partial charge on any atom is -0.388 e. The van der Waals surface area contributed by atoms with Gasteiger partial charge in [0.25, 0.3) is 0 Å². The second kappa shape index (κ2) is 4.49. The molecule has 1 aliphatic heterocycles. The molecule has 1 N–H and O–H groups in total. The molecule has 0 spiro atoms. The molecule has 0 bridgehead atoms. The fourth-order valence-corrected chi connectivity index (χ4v) is 4.14. The van der Waals surface area contributed by atoms with Crippen LogP contribution in [0.3, 0.4) is 0 Å². The molecule has 18 heavy (non-hydrogen) atoms. The predicted octanol–water partition coefficient (Wildman–Crippen LogP) is 3.60. The van der Waals surface area contributed by atoms with Crippen molar-refractivity contribution in [1.82, 2.24) is 4.90 Å². The van der Waals surface area contributed by atoms with Gasteiger partial charge in [-0.3, -0.25) is 0 Å². The van der Waals surface area contributed by atoms with Crippen molar-refractivity contribution >= 4 is 33.0 Å². The van der Waals surface area contributed by atoms with Gasteiger partial charge in [-0.25, -0.2) is 0 Å². The fourth-order valence-electron chi connectivity index (χ4n) is 2.71. The van der Waals surface area contributed by atoms with Crippen LogP contribution in [-0.4, -0.2) is 23.6 Å². The van der Waals surface area contributed by atoms with Gasteiger partial charge >= 0.3 is 0 Å². The van der Waals surface area contributed by atoms with Crippen molar-refractivity contribution in [3.05, 3.63) is 33.2 Å². The highest BCUT2D eigenvalue weighted by Gasteiger charge is 2.23. The minimum absolute atomic E-state index is 0.407. The molecule has 1 unspecified atom stereocenters. The van der Waals surface area contributed by atoms with E-state index in [1.165, 1.54) is 21.2 Å². The van der Waals surface area contributed by atoms with Crippen LogP contribution >= 0.6 is 22.9 Å². The van der Waals surface area contributed by atoms with E-state index in [2.05, 4.69) is 18.0 Å². The molecule has 1 aliphatic rings. The predicted molar refractivity (Wildman–Crippen MR) is 77.5 cm³/mol. The smallest absolute Gasteiger partial charge is 0.0857 e. The molecule has 0 saturated carbocycles. The first-order valence-electron chi connectivity index (χ1n) is 6.17. The Morgan fingerprint density at radius 3 is 2.89 bits per heavy atom. The number of aliphatic hydroxyl groups excluding tert-OH is 1. The first-order valence-corrected chi connectivity index (χ1v) is 7.36. The van der Waals surface area contributed by atoms with Gasteiger partial charge in [0, 0.05) is 33.1 Å². The summed E-state index contributed by atoms with van der Waals surface area (Å²) in [6.45, 7) is 3.75. The van der Waals surface area contributed by atoms with Gasteiger partial charge in [-0.2, -0.15) is 0 Å². The normalized spacial score (nSPS) is 18.0. The Balaban J connectivity index is 2.35. The Labute approximate surface area is 116 Å². The van der Waals surface area contributed by atoms with Gasteiger partial charge in [-0.1, -0.05) is 11.6 Å². The number of thiophene rings is 1. The number of rotatable bonds is 1. The summed E-state index contributed by atoms with van der Waals surface area (Å²) < 4.78 is 1.25. The Morgan fingerprint density at radius 2 is 2.17 bits per heavy atom. The zero-order chi connectivity index (χ0) is 12.9. The quantitative estimate of drug-likeness (QED) is 0.863. The zero-order valence-electron chi connectivity index (χ0n) is 10.5. The average molecular weight is 282 g/mol. The molecule has 2 aromatic rings. The third-order valence-electron chi connectivity index (χ3n) is 3.59. The Hall–Kier alpha value is -0.610. The van der Waals surface area contributed by atoms with E-state index in [9.17, 15) is 5.11 Å². The maximum Gasteiger partial charge on any atom is 0.0857 e.